The molecule has 4 nitrogen and oxygen atoms in total. The first-order valence-corrected chi connectivity index (χ1v) is 6.59. The zero-order chi connectivity index (χ0) is 12.7. The lowest BCUT2D eigenvalue weighted by atomic mass is 9.98. The van der Waals surface area contributed by atoms with Crippen LogP contribution in [0.2, 0.25) is 0 Å². The lowest BCUT2D eigenvalue weighted by Gasteiger charge is -2.19. The second-order valence-electron chi connectivity index (χ2n) is 5.19. The van der Waals surface area contributed by atoms with Crippen molar-refractivity contribution in [2.24, 2.45) is 12.8 Å². The Morgan fingerprint density at radius 1 is 1.50 bits per heavy atom. The number of aryl methyl sites for hydroxylation is 2. The number of nitrogens with zero attached hydrogens (tertiary/aromatic N) is 2. The molecule has 0 aliphatic carbocycles. The number of nitrogens with one attached hydrogen (secondary N) is 1. The molecule has 0 radical (unpaired) electrons. The van der Waals surface area contributed by atoms with Gasteiger partial charge in [-0.1, -0.05) is 6.07 Å². The highest BCUT2D eigenvalue weighted by Gasteiger charge is 2.23. The predicted octanol–water partition coefficient (Wildman–Crippen LogP) is 1.63. The molecule has 2 heterocycles. The maximum atomic E-state index is 6.34. The number of fused-ring (bicyclic) bond motifs is 1. The van der Waals surface area contributed by atoms with Gasteiger partial charge in [0, 0.05) is 19.1 Å². The van der Waals surface area contributed by atoms with Crippen LogP contribution in [0.25, 0.3) is 11.0 Å². The Morgan fingerprint density at radius 3 is 3.06 bits per heavy atom. The number of aromatic nitrogens is 2. The van der Waals surface area contributed by atoms with Crippen LogP contribution >= 0.6 is 0 Å². The van der Waals surface area contributed by atoms with Crippen molar-refractivity contribution in [1.82, 2.24) is 14.9 Å². The summed E-state index contributed by atoms with van der Waals surface area (Å²) in [6.45, 7) is 3.11. The Kier molecular flexibility index (Phi) is 2.84. The SMILES string of the molecule is Cc1nc2cc(C(N)C3CCCN3)ccc2n1C. The molecule has 1 fully saturated rings. The number of benzene rings is 1. The molecule has 0 saturated carbocycles. The standard InChI is InChI=1S/C14H20N4/c1-9-17-12-8-10(5-6-13(12)18(9)2)14(15)11-4-3-7-16-11/h5-6,8,11,14,16H,3-4,7,15H2,1-2H3. The summed E-state index contributed by atoms with van der Waals surface area (Å²) in [6.07, 6.45) is 2.39. The highest BCUT2D eigenvalue weighted by Crippen LogP contribution is 2.24. The molecule has 0 amide bonds. The smallest absolute Gasteiger partial charge is 0.106 e. The van der Waals surface area contributed by atoms with E-state index in [0.29, 0.717) is 6.04 Å². The van der Waals surface area contributed by atoms with Gasteiger partial charge >= 0.3 is 0 Å². The van der Waals surface area contributed by atoms with E-state index in [9.17, 15) is 0 Å². The van der Waals surface area contributed by atoms with Gasteiger partial charge in [0.1, 0.15) is 5.82 Å². The zero-order valence-electron chi connectivity index (χ0n) is 11.0. The zero-order valence-corrected chi connectivity index (χ0v) is 11.0. The van der Waals surface area contributed by atoms with Crippen molar-refractivity contribution in [2.75, 3.05) is 6.54 Å². The largest absolute Gasteiger partial charge is 0.331 e. The Bertz CT molecular complexity index is 566. The van der Waals surface area contributed by atoms with Crippen molar-refractivity contribution in [2.45, 2.75) is 31.8 Å². The Labute approximate surface area is 107 Å². The van der Waals surface area contributed by atoms with Crippen LogP contribution in [-0.2, 0) is 7.05 Å². The summed E-state index contributed by atoms with van der Waals surface area (Å²) in [5.41, 5.74) is 9.73. The summed E-state index contributed by atoms with van der Waals surface area (Å²) in [5, 5.41) is 3.47. The topological polar surface area (TPSA) is 55.9 Å². The quantitative estimate of drug-likeness (QED) is 0.844. The number of hydrogen-bond donors (Lipinski definition) is 2. The molecule has 3 rings (SSSR count). The summed E-state index contributed by atoms with van der Waals surface area (Å²) in [4.78, 5) is 4.57. The van der Waals surface area contributed by atoms with E-state index in [2.05, 4.69) is 33.1 Å². The van der Waals surface area contributed by atoms with Gasteiger partial charge in [-0.15, -0.1) is 0 Å². The van der Waals surface area contributed by atoms with E-state index in [-0.39, 0.29) is 6.04 Å². The van der Waals surface area contributed by atoms with Crippen molar-refractivity contribution in [1.29, 1.82) is 0 Å². The maximum absolute atomic E-state index is 6.34. The summed E-state index contributed by atoms with van der Waals surface area (Å²) >= 11 is 0. The first kappa shape index (κ1) is 11.7. The molecule has 2 aromatic rings. The monoisotopic (exact) mass is 244 g/mol. The molecule has 2 unspecified atom stereocenters. The first-order valence-electron chi connectivity index (χ1n) is 6.59. The lowest BCUT2D eigenvalue weighted by molar-refractivity contribution is 0.501. The van der Waals surface area contributed by atoms with E-state index >= 15 is 0 Å². The molecule has 0 spiro atoms. The van der Waals surface area contributed by atoms with E-state index in [1.807, 2.05) is 14.0 Å². The normalized spacial score (nSPS) is 21.6. The minimum absolute atomic E-state index is 0.0687. The van der Waals surface area contributed by atoms with Crippen LogP contribution in [-0.4, -0.2) is 22.1 Å². The van der Waals surface area contributed by atoms with Gasteiger partial charge in [-0.3, -0.25) is 0 Å². The van der Waals surface area contributed by atoms with Crippen LogP contribution in [0.1, 0.15) is 30.3 Å². The van der Waals surface area contributed by atoms with Gasteiger partial charge in [0.2, 0.25) is 0 Å². The molecule has 1 aliphatic rings. The van der Waals surface area contributed by atoms with Crippen LogP contribution in [0.15, 0.2) is 18.2 Å². The third-order valence-corrected chi connectivity index (χ3v) is 4.05. The fourth-order valence-electron chi connectivity index (χ4n) is 2.79. The van der Waals surface area contributed by atoms with Crippen LogP contribution < -0.4 is 11.1 Å². The molecule has 2 atom stereocenters. The molecule has 1 aliphatic heterocycles. The van der Waals surface area contributed by atoms with E-state index in [0.717, 1.165) is 17.9 Å². The van der Waals surface area contributed by atoms with Gasteiger partial charge in [-0.2, -0.15) is 0 Å². The first-order chi connectivity index (χ1) is 8.66. The van der Waals surface area contributed by atoms with Gasteiger partial charge in [-0.25, -0.2) is 4.98 Å². The minimum atomic E-state index is 0.0687. The van der Waals surface area contributed by atoms with Gasteiger partial charge in [0.05, 0.1) is 11.0 Å². The Morgan fingerprint density at radius 2 is 2.33 bits per heavy atom. The highest BCUT2D eigenvalue weighted by molar-refractivity contribution is 5.77. The van der Waals surface area contributed by atoms with Gasteiger partial charge in [0.25, 0.3) is 0 Å². The molecule has 1 aromatic carbocycles. The molecule has 1 saturated heterocycles. The van der Waals surface area contributed by atoms with E-state index < -0.39 is 0 Å². The van der Waals surface area contributed by atoms with Crippen LogP contribution in [0.5, 0.6) is 0 Å². The lowest BCUT2D eigenvalue weighted by Crippen LogP contribution is -2.34. The fourth-order valence-corrected chi connectivity index (χ4v) is 2.79. The van der Waals surface area contributed by atoms with Crippen molar-refractivity contribution in [3.8, 4) is 0 Å². The number of rotatable bonds is 2. The molecule has 3 N–H and O–H groups in total. The van der Waals surface area contributed by atoms with E-state index in [4.69, 9.17) is 5.73 Å². The van der Waals surface area contributed by atoms with Gasteiger partial charge in [0.15, 0.2) is 0 Å². The van der Waals surface area contributed by atoms with Crippen molar-refractivity contribution < 1.29 is 0 Å². The van der Waals surface area contributed by atoms with E-state index in [1.165, 1.54) is 23.9 Å². The second kappa shape index (κ2) is 4.37. The number of imidazole rings is 1. The van der Waals surface area contributed by atoms with E-state index in [1.54, 1.807) is 0 Å². The summed E-state index contributed by atoms with van der Waals surface area (Å²) in [6, 6.07) is 6.87. The maximum Gasteiger partial charge on any atom is 0.106 e. The third-order valence-electron chi connectivity index (χ3n) is 4.05. The van der Waals surface area contributed by atoms with Crippen LogP contribution in [0.4, 0.5) is 0 Å². The summed E-state index contributed by atoms with van der Waals surface area (Å²) in [7, 11) is 2.04. The van der Waals surface area contributed by atoms with Crippen LogP contribution in [0.3, 0.4) is 0 Å². The van der Waals surface area contributed by atoms with Crippen molar-refractivity contribution >= 4 is 11.0 Å². The van der Waals surface area contributed by atoms with Crippen molar-refractivity contribution in [3.05, 3.63) is 29.6 Å². The Balaban J connectivity index is 1.97. The third kappa shape index (κ3) is 1.82. The summed E-state index contributed by atoms with van der Waals surface area (Å²) < 4.78 is 2.11. The minimum Gasteiger partial charge on any atom is -0.331 e. The second-order valence-corrected chi connectivity index (χ2v) is 5.19. The molecule has 1 aromatic heterocycles. The van der Waals surface area contributed by atoms with Crippen LogP contribution in [0, 0.1) is 6.92 Å². The molecule has 96 valence electrons. The Hall–Kier alpha value is -1.39. The average Bonchev–Trinajstić information content (AvgIpc) is 2.98. The highest BCUT2D eigenvalue weighted by atomic mass is 15.0. The molecular weight excluding hydrogens is 224 g/mol. The number of nitrogens with two attached hydrogens (primary N) is 1. The summed E-state index contributed by atoms with van der Waals surface area (Å²) in [5.74, 6) is 1.04. The average molecular weight is 244 g/mol. The van der Waals surface area contributed by atoms with Crippen molar-refractivity contribution in [3.63, 3.8) is 0 Å². The fraction of sp³-hybridized carbons (Fsp3) is 0.500. The number of hydrogen-bond acceptors (Lipinski definition) is 3. The molecule has 18 heavy (non-hydrogen) atoms. The molecular formula is C14H20N4. The molecule has 4 heteroatoms. The van der Waals surface area contributed by atoms with Gasteiger partial charge in [-0.05, 0) is 44.0 Å². The van der Waals surface area contributed by atoms with Gasteiger partial charge < -0.3 is 15.6 Å². The molecule has 0 bridgehead atoms. The predicted molar refractivity (Wildman–Crippen MR) is 73.4 cm³/mol.